The van der Waals surface area contributed by atoms with Gasteiger partial charge in [0.1, 0.15) is 5.71 Å². The zero-order chi connectivity index (χ0) is 9.68. The number of carbonyl (C=O) groups excluding carboxylic acids is 1. The van der Waals surface area contributed by atoms with E-state index in [4.69, 9.17) is 5.41 Å². The molecular weight excluding hydrogens is 164 g/mol. The van der Waals surface area contributed by atoms with Gasteiger partial charge in [0.05, 0.1) is 0 Å². The Hall–Kier alpha value is -1.12. The van der Waals surface area contributed by atoms with Crippen LogP contribution in [0.5, 0.6) is 0 Å². The molecule has 3 heteroatoms. The molecule has 0 heterocycles. The number of amides is 1. The van der Waals surface area contributed by atoms with Crippen LogP contribution < -0.4 is 5.32 Å². The van der Waals surface area contributed by atoms with Gasteiger partial charge in [-0.1, -0.05) is 25.8 Å². The molecule has 0 radical (unpaired) electrons. The molecule has 3 nitrogen and oxygen atoms in total. The normalized spacial score (nSPS) is 17.8. The first kappa shape index (κ1) is 9.96. The van der Waals surface area contributed by atoms with Crippen LogP contribution in [-0.4, -0.2) is 17.7 Å². The first-order valence-electron chi connectivity index (χ1n) is 4.76. The molecule has 0 aromatic carbocycles. The van der Waals surface area contributed by atoms with Crippen molar-refractivity contribution in [2.24, 2.45) is 0 Å². The van der Waals surface area contributed by atoms with Crippen LogP contribution in [0.15, 0.2) is 12.7 Å². The Bertz CT molecular complexity index is 217. The Morgan fingerprint density at radius 2 is 2.00 bits per heavy atom. The standard InChI is InChI=1S/C10H16N2O/c1-2-9(11)10(13)12-8-6-4-3-5-7-8/h2,8,11H,1,3-7H2,(H,12,13). The summed E-state index contributed by atoms with van der Waals surface area (Å²) in [5.41, 5.74) is -0.0365. The van der Waals surface area contributed by atoms with E-state index in [1.54, 1.807) is 0 Å². The van der Waals surface area contributed by atoms with E-state index >= 15 is 0 Å². The van der Waals surface area contributed by atoms with Crippen LogP contribution in [0.25, 0.3) is 0 Å². The van der Waals surface area contributed by atoms with E-state index in [9.17, 15) is 4.79 Å². The first-order chi connectivity index (χ1) is 6.24. The summed E-state index contributed by atoms with van der Waals surface area (Å²) < 4.78 is 0. The van der Waals surface area contributed by atoms with Crippen molar-refractivity contribution in [3.8, 4) is 0 Å². The third-order valence-corrected chi connectivity index (χ3v) is 2.39. The number of nitrogens with one attached hydrogen (secondary N) is 2. The molecule has 1 rings (SSSR count). The molecule has 0 atom stereocenters. The van der Waals surface area contributed by atoms with Crippen LogP contribution >= 0.6 is 0 Å². The van der Waals surface area contributed by atoms with E-state index in [0.717, 1.165) is 12.8 Å². The van der Waals surface area contributed by atoms with Crippen LogP contribution in [0, 0.1) is 5.41 Å². The van der Waals surface area contributed by atoms with Crippen molar-refractivity contribution in [2.45, 2.75) is 38.1 Å². The van der Waals surface area contributed by atoms with Gasteiger partial charge in [-0.3, -0.25) is 10.2 Å². The fourth-order valence-corrected chi connectivity index (χ4v) is 1.60. The molecule has 1 fully saturated rings. The molecule has 1 amide bonds. The minimum absolute atomic E-state index is 0.0365. The zero-order valence-corrected chi connectivity index (χ0v) is 7.81. The van der Waals surface area contributed by atoms with Gasteiger partial charge in [-0.2, -0.15) is 0 Å². The van der Waals surface area contributed by atoms with Crippen LogP contribution in [0.2, 0.25) is 0 Å². The highest BCUT2D eigenvalue weighted by atomic mass is 16.1. The average Bonchev–Trinajstić information content (AvgIpc) is 2.18. The summed E-state index contributed by atoms with van der Waals surface area (Å²) in [5.74, 6) is -0.290. The largest absolute Gasteiger partial charge is 0.348 e. The van der Waals surface area contributed by atoms with E-state index in [1.165, 1.54) is 25.3 Å². The van der Waals surface area contributed by atoms with Crippen LogP contribution in [0.3, 0.4) is 0 Å². The molecule has 0 bridgehead atoms. The highest BCUT2D eigenvalue weighted by molar-refractivity contribution is 6.41. The van der Waals surface area contributed by atoms with E-state index in [0.29, 0.717) is 0 Å². The molecule has 0 aromatic heterocycles. The van der Waals surface area contributed by atoms with Crippen molar-refractivity contribution in [3.05, 3.63) is 12.7 Å². The highest BCUT2D eigenvalue weighted by Crippen LogP contribution is 2.17. The minimum atomic E-state index is -0.290. The smallest absolute Gasteiger partial charge is 0.269 e. The quantitative estimate of drug-likeness (QED) is 0.637. The zero-order valence-electron chi connectivity index (χ0n) is 7.81. The molecule has 0 unspecified atom stereocenters. The number of carbonyl (C=O) groups is 1. The molecule has 1 aliphatic rings. The van der Waals surface area contributed by atoms with Crippen LogP contribution in [0.4, 0.5) is 0 Å². The predicted molar refractivity (Wildman–Crippen MR) is 52.9 cm³/mol. The number of hydrogen-bond acceptors (Lipinski definition) is 2. The van der Waals surface area contributed by atoms with E-state index in [2.05, 4.69) is 11.9 Å². The van der Waals surface area contributed by atoms with E-state index < -0.39 is 0 Å². The second-order valence-corrected chi connectivity index (χ2v) is 3.43. The molecule has 1 saturated carbocycles. The second kappa shape index (κ2) is 4.80. The van der Waals surface area contributed by atoms with Gasteiger partial charge in [0, 0.05) is 6.04 Å². The highest BCUT2D eigenvalue weighted by Gasteiger charge is 2.16. The number of hydrogen-bond donors (Lipinski definition) is 2. The van der Waals surface area contributed by atoms with Gasteiger partial charge < -0.3 is 5.32 Å². The summed E-state index contributed by atoms with van der Waals surface area (Å²) in [6, 6.07) is 0.279. The Labute approximate surface area is 78.7 Å². The molecular formula is C10H16N2O. The van der Waals surface area contributed by atoms with Crippen molar-refractivity contribution in [2.75, 3.05) is 0 Å². The molecule has 0 saturated heterocycles. The molecule has 72 valence electrons. The van der Waals surface area contributed by atoms with Gasteiger partial charge in [0.2, 0.25) is 0 Å². The average molecular weight is 180 g/mol. The lowest BCUT2D eigenvalue weighted by Crippen LogP contribution is -2.39. The lowest BCUT2D eigenvalue weighted by molar-refractivity contribution is -0.115. The summed E-state index contributed by atoms with van der Waals surface area (Å²) in [7, 11) is 0. The third-order valence-electron chi connectivity index (χ3n) is 2.39. The minimum Gasteiger partial charge on any atom is -0.348 e. The van der Waals surface area contributed by atoms with Gasteiger partial charge in [-0.15, -0.1) is 0 Å². The van der Waals surface area contributed by atoms with Gasteiger partial charge in [0.15, 0.2) is 0 Å². The Morgan fingerprint density at radius 3 is 2.54 bits per heavy atom. The summed E-state index contributed by atoms with van der Waals surface area (Å²) in [4.78, 5) is 11.2. The van der Waals surface area contributed by atoms with Gasteiger partial charge in [-0.25, -0.2) is 0 Å². The van der Waals surface area contributed by atoms with Crippen molar-refractivity contribution >= 4 is 11.6 Å². The fraction of sp³-hybridized carbons (Fsp3) is 0.600. The second-order valence-electron chi connectivity index (χ2n) is 3.43. The molecule has 0 spiro atoms. The molecule has 1 aliphatic carbocycles. The fourth-order valence-electron chi connectivity index (χ4n) is 1.60. The Morgan fingerprint density at radius 1 is 1.38 bits per heavy atom. The SMILES string of the molecule is C=CC(=N)C(=O)NC1CCCCC1. The summed E-state index contributed by atoms with van der Waals surface area (Å²) in [6.45, 7) is 3.39. The first-order valence-corrected chi connectivity index (χ1v) is 4.76. The topological polar surface area (TPSA) is 53.0 Å². The van der Waals surface area contributed by atoms with Crippen molar-refractivity contribution in [1.29, 1.82) is 5.41 Å². The van der Waals surface area contributed by atoms with Crippen LogP contribution in [0.1, 0.15) is 32.1 Å². The Kier molecular flexibility index (Phi) is 3.68. The lowest BCUT2D eigenvalue weighted by atomic mass is 9.95. The molecule has 2 N–H and O–H groups in total. The van der Waals surface area contributed by atoms with Crippen molar-refractivity contribution < 1.29 is 4.79 Å². The molecule has 0 aliphatic heterocycles. The molecule has 13 heavy (non-hydrogen) atoms. The van der Waals surface area contributed by atoms with E-state index in [-0.39, 0.29) is 17.7 Å². The van der Waals surface area contributed by atoms with Crippen LogP contribution in [-0.2, 0) is 4.79 Å². The lowest BCUT2D eigenvalue weighted by Gasteiger charge is -2.22. The number of rotatable bonds is 3. The maximum Gasteiger partial charge on any atom is 0.269 e. The predicted octanol–water partition coefficient (Wildman–Crippen LogP) is 1.64. The summed E-state index contributed by atoms with van der Waals surface area (Å²) in [6.07, 6.45) is 7.02. The summed E-state index contributed by atoms with van der Waals surface area (Å²) in [5, 5.41) is 10.1. The summed E-state index contributed by atoms with van der Waals surface area (Å²) >= 11 is 0. The van der Waals surface area contributed by atoms with E-state index in [1.807, 2.05) is 0 Å². The van der Waals surface area contributed by atoms with Crippen molar-refractivity contribution in [1.82, 2.24) is 5.32 Å². The van der Waals surface area contributed by atoms with Gasteiger partial charge >= 0.3 is 0 Å². The Balaban J connectivity index is 2.34. The van der Waals surface area contributed by atoms with Gasteiger partial charge in [-0.05, 0) is 18.9 Å². The monoisotopic (exact) mass is 180 g/mol. The van der Waals surface area contributed by atoms with Crippen molar-refractivity contribution in [3.63, 3.8) is 0 Å². The maximum absolute atomic E-state index is 11.2. The third kappa shape index (κ3) is 3.01. The molecule has 0 aromatic rings. The maximum atomic E-state index is 11.2. The van der Waals surface area contributed by atoms with Gasteiger partial charge in [0.25, 0.3) is 5.91 Å².